The Morgan fingerprint density at radius 1 is 0.372 bits per heavy atom. The number of carboxylic acid groups (broad SMARTS) is 2. The highest BCUT2D eigenvalue weighted by molar-refractivity contribution is 6.10. The summed E-state index contributed by atoms with van der Waals surface area (Å²) in [7, 11) is 0. The van der Waals surface area contributed by atoms with Gasteiger partial charge in [0, 0.05) is 173 Å². The Bertz CT molecular complexity index is 5830. The first kappa shape index (κ1) is 110. The maximum Gasteiger partial charge on any atom is 0.342 e. The highest BCUT2D eigenvalue weighted by Gasteiger charge is 2.70. The molecule has 148 heavy (non-hydrogen) atoms. The van der Waals surface area contributed by atoms with Crippen LogP contribution < -0.4 is 39.6 Å². The van der Waals surface area contributed by atoms with Crippen LogP contribution in [0.3, 0.4) is 0 Å². The maximum absolute atomic E-state index is 12.9. The number of esters is 4. The summed E-state index contributed by atoms with van der Waals surface area (Å²) in [4.78, 5) is 131. The van der Waals surface area contributed by atoms with Crippen molar-refractivity contribution in [1.82, 2.24) is 39.7 Å². The Hall–Kier alpha value is -12.6. The number of aliphatic imine (C=N–C) groups is 2. The van der Waals surface area contributed by atoms with Crippen LogP contribution in [0.4, 0.5) is 34.9 Å². The van der Waals surface area contributed by atoms with Gasteiger partial charge in [-0.15, -0.1) is 0 Å². The first-order chi connectivity index (χ1) is 71.2. The van der Waals surface area contributed by atoms with Crippen LogP contribution in [-0.2, 0) is 56.0 Å². The SMILES string of the molecule is CCN(Cc1ccc(C[N+](CC)(CC)C2CCN(c3ncccc3C(=O)OC(C)C)C2)cc1)[C@@H]1CCN(c2ncccc2C(=O)OC(C)C)C1.CCN(Cc1ccc(C[N+](CC)(CC)[C@@H]2CCN(c3ncccc3C(=O)OC(C)C)C2)cc1)[C@@H]1CCN(c2ncccc2C(=O)OC(C)C)C1.CCN=C1CN(c2ncccc2C(=O)[O-])C2C[C@]12c1ccc([C@]23CC2N(c2ncccc2C(=O)[O-])CC3=NCC)c(C(C)C)c1C(C)C. The number of hydrogen-bond donors (Lipinski definition) is 0. The first-order valence-electron chi connectivity index (χ1n) is 54.3. The molecule has 0 N–H and O–H groups in total. The van der Waals surface area contributed by atoms with Gasteiger partial charge in [0.25, 0.3) is 0 Å². The van der Waals surface area contributed by atoms with Crippen LogP contribution >= 0.6 is 0 Å². The number of hydrogen-bond acceptors (Lipinski definition) is 28. The number of carboxylic acids is 2. The topological polar surface area (TPSA) is 313 Å². The van der Waals surface area contributed by atoms with Crippen LogP contribution in [0.2, 0.25) is 0 Å². The number of aromatic carboxylic acids is 2. The quantitative estimate of drug-likeness (QED) is 0.0196. The van der Waals surface area contributed by atoms with Crippen LogP contribution in [0, 0.1) is 0 Å². The number of ether oxygens (including phenoxy) is 4. The van der Waals surface area contributed by atoms with Crippen LogP contribution in [0.15, 0.2) is 181 Å². The third-order valence-electron chi connectivity index (χ3n) is 31.9. The van der Waals surface area contributed by atoms with E-state index in [2.05, 4.69) is 199 Å². The van der Waals surface area contributed by atoms with Gasteiger partial charge >= 0.3 is 23.9 Å². The van der Waals surface area contributed by atoms with Gasteiger partial charge in [-0.1, -0.05) is 102 Å². The molecule has 0 amide bonds. The zero-order valence-electron chi connectivity index (χ0n) is 90.8. The summed E-state index contributed by atoms with van der Waals surface area (Å²) in [5.74, 6) is 0.474. The van der Waals surface area contributed by atoms with Crippen molar-refractivity contribution in [1.29, 1.82) is 0 Å². The molecule has 8 aliphatic rings. The number of aromatic nitrogens is 6. The van der Waals surface area contributed by atoms with E-state index in [4.69, 9.17) is 28.9 Å². The molecular weight excluding hydrogens is 1860 g/mol. The van der Waals surface area contributed by atoms with E-state index in [0.717, 1.165) is 188 Å². The lowest BCUT2D eigenvalue weighted by Crippen LogP contribution is -2.55. The van der Waals surface area contributed by atoms with Crippen molar-refractivity contribution >= 4 is 82.1 Å². The number of likely N-dealkylation sites (N-methyl/N-ethyl adjacent to an activating group) is 4. The summed E-state index contributed by atoms with van der Waals surface area (Å²) in [5.41, 5.74) is 14.3. The van der Waals surface area contributed by atoms with Crippen molar-refractivity contribution in [2.45, 2.75) is 287 Å². The summed E-state index contributed by atoms with van der Waals surface area (Å²) in [5, 5.41) is 24.2. The van der Waals surface area contributed by atoms with Crippen molar-refractivity contribution in [3.63, 3.8) is 0 Å². The van der Waals surface area contributed by atoms with Crippen molar-refractivity contribution in [2.75, 3.05) is 147 Å². The van der Waals surface area contributed by atoms with Crippen LogP contribution in [0.1, 0.15) is 295 Å². The van der Waals surface area contributed by atoms with Gasteiger partial charge in [0.05, 0.1) is 99.5 Å². The number of nitrogens with zero attached hydrogens (tertiary/aromatic N) is 18. The van der Waals surface area contributed by atoms with Gasteiger partial charge in [-0.05, 0) is 254 Å². The molecule has 0 bridgehead atoms. The Labute approximate surface area is 876 Å². The molecule has 3 aromatic carbocycles. The number of carbonyl (C=O) groups is 6. The predicted octanol–water partition coefficient (Wildman–Crippen LogP) is 16.1. The number of pyridine rings is 6. The molecule has 8 atom stereocenters. The molecule has 0 radical (unpaired) electrons. The maximum atomic E-state index is 12.9. The minimum absolute atomic E-state index is 0.0393. The molecule has 6 saturated heterocycles. The predicted molar refractivity (Wildman–Crippen MR) is 579 cm³/mol. The monoisotopic (exact) mass is 2020 g/mol. The molecule has 0 spiro atoms. The summed E-state index contributed by atoms with van der Waals surface area (Å²) in [6.45, 7) is 60.6. The van der Waals surface area contributed by atoms with Crippen molar-refractivity contribution in [3.8, 4) is 0 Å². The van der Waals surface area contributed by atoms with E-state index in [1.165, 1.54) is 44.5 Å². The largest absolute Gasteiger partial charge is 0.545 e. The van der Waals surface area contributed by atoms with Crippen molar-refractivity contribution in [3.05, 3.63) is 249 Å². The smallest absolute Gasteiger partial charge is 0.342 e. The number of anilines is 6. The molecule has 30 heteroatoms. The van der Waals surface area contributed by atoms with Gasteiger partial charge in [-0.2, -0.15) is 0 Å². The van der Waals surface area contributed by atoms with Gasteiger partial charge in [0.15, 0.2) is 0 Å². The summed E-state index contributed by atoms with van der Waals surface area (Å²) < 4.78 is 24.1. The van der Waals surface area contributed by atoms with E-state index in [1.807, 2.05) is 106 Å². The van der Waals surface area contributed by atoms with Gasteiger partial charge in [-0.3, -0.25) is 19.8 Å². The van der Waals surface area contributed by atoms with E-state index in [1.54, 1.807) is 73.6 Å². The number of benzene rings is 3. The van der Waals surface area contributed by atoms with Crippen molar-refractivity contribution < 1.29 is 66.9 Å². The molecule has 12 heterocycles. The molecule has 2 aliphatic carbocycles. The summed E-state index contributed by atoms with van der Waals surface area (Å²) in [6.07, 6.45) is 15.4. The second-order valence-corrected chi connectivity index (χ2v) is 42.7. The highest BCUT2D eigenvalue weighted by atomic mass is 16.6. The van der Waals surface area contributed by atoms with Crippen LogP contribution in [-0.4, -0.2) is 274 Å². The molecule has 6 aliphatic heterocycles. The summed E-state index contributed by atoms with van der Waals surface area (Å²) in [6, 6.07) is 45.6. The van der Waals surface area contributed by atoms with Gasteiger partial charge in [0.1, 0.15) is 82.3 Å². The van der Waals surface area contributed by atoms with E-state index in [-0.39, 0.29) is 94.2 Å². The van der Waals surface area contributed by atoms with Gasteiger partial charge in [0.2, 0.25) is 0 Å². The number of piperidine rings is 2. The second kappa shape index (κ2) is 47.9. The molecule has 3 unspecified atom stereocenters. The fourth-order valence-electron chi connectivity index (χ4n) is 24.5. The minimum Gasteiger partial charge on any atom is -0.545 e. The fourth-order valence-corrected chi connectivity index (χ4v) is 24.5. The Morgan fingerprint density at radius 2 is 0.649 bits per heavy atom. The fraction of sp³-hybridized carbons (Fsp3) is 0.525. The minimum atomic E-state index is -1.23. The highest BCUT2D eigenvalue weighted by Crippen LogP contribution is 2.64. The van der Waals surface area contributed by atoms with Gasteiger partial charge < -0.3 is 77.1 Å². The third kappa shape index (κ3) is 23.3. The lowest BCUT2D eigenvalue weighted by molar-refractivity contribution is -0.958. The zero-order chi connectivity index (χ0) is 106. The van der Waals surface area contributed by atoms with Crippen LogP contribution in [0.25, 0.3) is 0 Å². The molecule has 30 nitrogen and oxygen atoms in total. The normalized spacial score (nSPS) is 21.0. The molecule has 6 aromatic heterocycles. The van der Waals surface area contributed by atoms with E-state index >= 15 is 0 Å². The van der Waals surface area contributed by atoms with E-state index < -0.39 is 11.9 Å². The Morgan fingerprint density at radius 3 is 0.919 bits per heavy atom. The van der Waals surface area contributed by atoms with Crippen LogP contribution in [0.5, 0.6) is 0 Å². The molecule has 9 aromatic rings. The number of carbonyl (C=O) groups excluding carboxylic acids is 6. The molecule has 790 valence electrons. The molecule has 17 rings (SSSR count). The van der Waals surface area contributed by atoms with E-state index in [9.17, 15) is 39.0 Å². The standard InChI is InChI=1S/2C40H57N6O4.C38H44N6O4/c2*1-8-43(33-19-23-44(26-33)37-35(13-11-21-41-37)39(47)49-29(4)5)25-31-15-17-32(18-16-31)28-46(9-2,10-3)34-20-24-45(27-34)38-36(14-12-22-42-38)40(48)50-30(6)7;1-7-39-27-19-43(33-23(35(45)46)11-9-15-41-33)29-17-37(27,29)25-13-14-26(32(22(5)6)31(25)21(3)4)38-18-30(38)44(20-28(38)40-8-2)34-24(36(47)48)12-10-16-42-34/h2*11-18,21-22,29-30,33-34H,8-10,19-20,23-28H2,1-7H3;9-16,21-22,29-30H,7-8,17-20H2,1-6H3,(H,45,46)(H,47,48)/q2*+1;/p-2/t33-,34?;33-,34-;29?,30?,37-,38-/m110/s1. The van der Waals surface area contributed by atoms with E-state index in [0.29, 0.717) is 95.9 Å². The van der Waals surface area contributed by atoms with Crippen molar-refractivity contribution in [2.24, 2.45) is 9.98 Å². The second-order valence-electron chi connectivity index (χ2n) is 42.7. The number of rotatable bonds is 40. The average molecular weight is 2020 g/mol. The van der Waals surface area contributed by atoms with Gasteiger partial charge in [-0.25, -0.2) is 49.1 Å². The summed E-state index contributed by atoms with van der Waals surface area (Å²) >= 11 is 0. The molecular formula is C118H156N18O12. The third-order valence-corrected chi connectivity index (χ3v) is 31.9. The Balaban J connectivity index is 0.000000166. The first-order valence-corrected chi connectivity index (χ1v) is 54.3. The molecule has 2 saturated carbocycles. The lowest BCUT2D eigenvalue weighted by atomic mass is 9.74. The molecule has 8 fully saturated rings. The lowest BCUT2D eigenvalue weighted by Gasteiger charge is -2.42. The Kier molecular flexibility index (Phi) is 35.4. The zero-order valence-corrected chi connectivity index (χ0v) is 90.8. The number of fused-ring (bicyclic) bond motifs is 2. The average Bonchev–Trinajstić information content (AvgIpc) is 1.49. The number of quaternary nitrogens is 2.